The fourth-order valence-electron chi connectivity index (χ4n) is 1.23. The van der Waals surface area contributed by atoms with E-state index in [1.54, 1.807) is 16.8 Å². The number of nitrogens with two attached hydrogens (primary N) is 1. The fourth-order valence-corrected chi connectivity index (χ4v) is 2.12. The summed E-state index contributed by atoms with van der Waals surface area (Å²) < 4.78 is 0. The third-order valence-corrected chi connectivity index (χ3v) is 3.15. The van der Waals surface area contributed by atoms with Crippen molar-refractivity contribution >= 4 is 17.2 Å². The van der Waals surface area contributed by atoms with E-state index in [0.717, 1.165) is 17.7 Å². The minimum absolute atomic E-state index is 0.110. The van der Waals surface area contributed by atoms with E-state index in [1.165, 1.54) is 0 Å². The molecule has 0 amide bonds. The number of amidine groups is 1. The lowest BCUT2D eigenvalue weighted by Gasteiger charge is -2.08. The fraction of sp³-hybridized carbons (Fsp3) is 0.429. The average molecular weight is 167 g/mol. The van der Waals surface area contributed by atoms with Gasteiger partial charge in [0, 0.05) is 11.1 Å². The molecule has 1 aromatic heterocycles. The van der Waals surface area contributed by atoms with E-state index >= 15 is 0 Å². The molecule has 1 aliphatic rings. The molecule has 0 aliphatic heterocycles. The maximum atomic E-state index is 7.39. The molecule has 0 radical (unpaired) electrons. The van der Waals surface area contributed by atoms with Gasteiger partial charge >= 0.3 is 0 Å². The monoisotopic (exact) mass is 167 g/mol. The summed E-state index contributed by atoms with van der Waals surface area (Å²) in [7, 11) is 0. The maximum Gasteiger partial charge on any atom is 0.102 e. The van der Waals surface area contributed by atoms with Gasteiger partial charge in [-0.1, -0.05) is 0 Å². The Morgan fingerprint density at radius 1 is 1.73 bits per heavy atom. The summed E-state index contributed by atoms with van der Waals surface area (Å²) >= 11 is 1.59. The zero-order valence-corrected chi connectivity index (χ0v) is 6.82. The molecule has 0 atom stereocenters. The molecule has 0 unspecified atom stereocenters. The molecule has 58 valence electrons. The summed E-state index contributed by atoms with van der Waals surface area (Å²) in [5.74, 6) is 0.293. The van der Waals surface area contributed by atoms with E-state index in [-0.39, 0.29) is 5.41 Å². The number of nitrogens with zero attached hydrogens (tertiary/aromatic N) is 1. The summed E-state index contributed by atoms with van der Waals surface area (Å²) in [6.45, 7) is 0. The SMILES string of the molecule is N=C(N)C1(c2cncs2)CC1. The van der Waals surface area contributed by atoms with Crippen LogP contribution in [0.1, 0.15) is 17.7 Å². The van der Waals surface area contributed by atoms with Crippen LogP contribution in [0.3, 0.4) is 0 Å². The molecule has 3 nitrogen and oxygen atoms in total. The van der Waals surface area contributed by atoms with E-state index in [1.807, 2.05) is 6.20 Å². The van der Waals surface area contributed by atoms with E-state index in [2.05, 4.69) is 4.98 Å². The molecule has 11 heavy (non-hydrogen) atoms. The zero-order chi connectivity index (χ0) is 7.90. The van der Waals surface area contributed by atoms with Crippen molar-refractivity contribution in [3.63, 3.8) is 0 Å². The quantitative estimate of drug-likeness (QED) is 0.512. The van der Waals surface area contributed by atoms with Crippen molar-refractivity contribution in [1.29, 1.82) is 5.41 Å². The molecule has 4 heteroatoms. The lowest BCUT2D eigenvalue weighted by atomic mass is 10.1. The van der Waals surface area contributed by atoms with Crippen molar-refractivity contribution < 1.29 is 0 Å². The van der Waals surface area contributed by atoms with Crippen LogP contribution in [0.2, 0.25) is 0 Å². The van der Waals surface area contributed by atoms with E-state index in [9.17, 15) is 0 Å². The van der Waals surface area contributed by atoms with E-state index in [0.29, 0.717) is 5.84 Å². The number of hydrogen-bond acceptors (Lipinski definition) is 3. The standard InChI is InChI=1S/C7H9N3S/c8-6(9)7(1-2-7)5-3-10-4-11-5/h3-4H,1-2H2,(H3,8,9). The summed E-state index contributed by atoms with van der Waals surface area (Å²) in [6.07, 6.45) is 3.86. The van der Waals surface area contributed by atoms with Crippen molar-refractivity contribution in [2.75, 3.05) is 0 Å². The highest BCUT2D eigenvalue weighted by Gasteiger charge is 2.48. The van der Waals surface area contributed by atoms with Crippen LogP contribution in [0.5, 0.6) is 0 Å². The molecule has 1 aliphatic carbocycles. The van der Waals surface area contributed by atoms with Crippen LogP contribution in [0, 0.1) is 5.41 Å². The topological polar surface area (TPSA) is 62.8 Å². The van der Waals surface area contributed by atoms with Gasteiger partial charge in [0.15, 0.2) is 0 Å². The Kier molecular flexibility index (Phi) is 1.26. The Bertz CT molecular complexity index is 274. The van der Waals surface area contributed by atoms with Crippen molar-refractivity contribution in [1.82, 2.24) is 4.98 Å². The normalized spacial score (nSPS) is 19.6. The first kappa shape index (κ1) is 6.79. The Labute approximate surface area is 68.8 Å². The molecular formula is C7H9N3S. The van der Waals surface area contributed by atoms with Gasteiger partial charge < -0.3 is 5.73 Å². The molecule has 1 saturated carbocycles. The summed E-state index contributed by atoms with van der Waals surface area (Å²) in [6, 6.07) is 0. The molecule has 0 saturated heterocycles. The average Bonchev–Trinajstić information content (AvgIpc) is 2.61. The Balaban J connectivity index is 2.36. The minimum atomic E-state index is -0.110. The second-order valence-electron chi connectivity index (χ2n) is 2.86. The molecule has 3 N–H and O–H groups in total. The van der Waals surface area contributed by atoms with Crippen molar-refractivity contribution in [3.05, 3.63) is 16.6 Å². The Morgan fingerprint density at radius 2 is 2.45 bits per heavy atom. The summed E-state index contributed by atoms with van der Waals surface area (Å²) in [5, 5.41) is 7.39. The highest BCUT2D eigenvalue weighted by Crippen LogP contribution is 2.49. The van der Waals surface area contributed by atoms with E-state index in [4.69, 9.17) is 11.1 Å². The van der Waals surface area contributed by atoms with Crippen molar-refractivity contribution in [3.8, 4) is 0 Å². The maximum absolute atomic E-state index is 7.39. The Morgan fingerprint density at radius 3 is 2.82 bits per heavy atom. The molecule has 1 aromatic rings. The van der Waals surface area contributed by atoms with Gasteiger partial charge in [-0.25, -0.2) is 0 Å². The van der Waals surface area contributed by atoms with Crippen LogP contribution >= 0.6 is 11.3 Å². The van der Waals surface area contributed by atoms with Gasteiger partial charge in [0.25, 0.3) is 0 Å². The highest BCUT2D eigenvalue weighted by atomic mass is 32.1. The van der Waals surface area contributed by atoms with Crippen LogP contribution in [0.25, 0.3) is 0 Å². The van der Waals surface area contributed by atoms with Crippen LogP contribution in [-0.2, 0) is 5.41 Å². The number of rotatable bonds is 2. The number of hydrogen-bond donors (Lipinski definition) is 2. The predicted molar refractivity (Wildman–Crippen MR) is 44.9 cm³/mol. The third-order valence-electron chi connectivity index (χ3n) is 2.17. The van der Waals surface area contributed by atoms with Gasteiger partial charge in [-0.3, -0.25) is 10.4 Å². The smallest absolute Gasteiger partial charge is 0.102 e. The molecule has 1 fully saturated rings. The largest absolute Gasteiger partial charge is 0.387 e. The number of aromatic nitrogens is 1. The van der Waals surface area contributed by atoms with Gasteiger partial charge in [0.2, 0.25) is 0 Å². The second kappa shape index (κ2) is 2.04. The molecular weight excluding hydrogens is 158 g/mol. The lowest BCUT2D eigenvalue weighted by molar-refractivity contribution is 0.944. The first-order valence-corrected chi connectivity index (χ1v) is 4.37. The molecule has 0 spiro atoms. The lowest BCUT2D eigenvalue weighted by Crippen LogP contribution is -2.26. The predicted octanol–water partition coefficient (Wildman–Crippen LogP) is 1.11. The van der Waals surface area contributed by atoms with Gasteiger partial charge in [-0.2, -0.15) is 0 Å². The van der Waals surface area contributed by atoms with Crippen LogP contribution in [0.15, 0.2) is 11.7 Å². The molecule has 1 heterocycles. The summed E-state index contributed by atoms with van der Waals surface area (Å²) in [5.41, 5.74) is 7.17. The Hall–Kier alpha value is -0.900. The van der Waals surface area contributed by atoms with Crippen LogP contribution < -0.4 is 5.73 Å². The number of thiazole rings is 1. The van der Waals surface area contributed by atoms with Gasteiger partial charge in [-0.05, 0) is 12.8 Å². The molecule has 2 rings (SSSR count). The van der Waals surface area contributed by atoms with Crippen molar-refractivity contribution in [2.45, 2.75) is 18.3 Å². The van der Waals surface area contributed by atoms with Crippen molar-refractivity contribution in [2.24, 2.45) is 5.73 Å². The zero-order valence-electron chi connectivity index (χ0n) is 6.00. The first-order chi connectivity index (χ1) is 5.26. The number of nitrogens with one attached hydrogen (secondary N) is 1. The van der Waals surface area contributed by atoms with E-state index < -0.39 is 0 Å². The van der Waals surface area contributed by atoms with Gasteiger partial charge in [0.1, 0.15) is 5.84 Å². The first-order valence-electron chi connectivity index (χ1n) is 3.49. The van der Waals surface area contributed by atoms with Gasteiger partial charge in [0.05, 0.1) is 10.9 Å². The molecule has 0 aromatic carbocycles. The van der Waals surface area contributed by atoms with Gasteiger partial charge in [-0.15, -0.1) is 11.3 Å². The van der Waals surface area contributed by atoms with Crippen LogP contribution in [0.4, 0.5) is 0 Å². The minimum Gasteiger partial charge on any atom is -0.387 e. The highest BCUT2D eigenvalue weighted by molar-refractivity contribution is 7.10. The summed E-state index contributed by atoms with van der Waals surface area (Å²) in [4.78, 5) is 5.12. The third kappa shape index (κ3) is 0.860. The molecule has 0 bridgehead atoms. The van der Waals surface area contributed by atoms with Crippen LogP contribution in [-0.4, -0.2) is 10.8 Å². The second-order valence-corrected chi connectivity index (χ2v) is 3.75.